The summed E-state index contributed by atoms with van der Waals surface area (Å²) in [5.74, 6) is -5.11. The van der Waals surface area contributed by atoms with Crippen LogP contribution in [0.4, 0.5) is 0 Å². The molecule has 0 aliphatic rings. The number of benzene rings is 1. The van der Waals surface area contributed by atoms with E-state index in [2.05, 4.69) is 25.9 Å². The third-order valence-electron chi connectivity index (χ3n) is 5.76. The standard InChI is InChI=1S/C25H34N6O7/c1-14(2)21(24(36)30-19(25(37)38)11-16-12-27-13-28-16)31-23(35)18(8-9-20(32)33)29-22(34)17(26)10-15-6-4-3-5-7-15/h3-7,12-14,17-19,21H,8-11,26H2,1-2H3,(H,27,28)(H,29,34)(H,30,36)(H,31,35)(H,32,33)(H,37,38). The third-order valence-corrected chi connectivity index (χ3v) is 5.76. The molecule has 8 N–H and O–H groups in total. The van der Waals surface area contributed by atoms with Crippen LogP contribution in [-0.2, 0) is 36.8 Å². The number of nitrogens with two attached hydrogens (primary N) is 1. The highest BCUT2D eigenvalue weighted by Crippen LogP contribution is 2.08. The molecular weight excluding hydrogens is 496 g/mol. The Morgan fingerprint density at radius 3 is 2.13 bits per heavy atom. The average molecular weight is 531 g/mol. The van der Waals surface area contributed by atoms with Crippen LogP contribution in [0.15, 0.2) is 42.9 Å². The summed E-state index contributed by atoms with van der Waals surface area (Å²) >= 11 is 0. The van der Waals surface area contributed by atoms with Crippen LogP contribution in [0.3, 0.4) is 0 Å². The largest absolute Gasteiger partial charge is 0.481 e. The highest BCUT2D eigenvalue weighted by Gasteiger charge is 2.32. The van der Waals surface area contributed by atoms with Gasteiger partial charge in [-0.1, -0.05) is 44.2 Å². The number of aromatic amines is 1. The maximum atomic E-state index is 13.1. The molecule has 0 radical (unpaired) electrons. The molecule has 0 fully saturated rings. The van der Waals surface area contributed by atoms with Gasteiger partial charge in [0.1, 0.15) is 18.1 Å². The van der Waals surface area contributed by atoms with Crippen LogP contribution < -0.4 is 21.7 Å². The molecule has 2 aromatic rings. The lowest BCUT2D eigenvalue weighted by molar-refractivity contribution is -0.142. The number of rotatable bonds is 15. The van der Waals surface area contributed by atoms with Gasteiger partial charge in [-0.2, -0.15) is 0 Å². The number of carbonyl (C=O) groups is 5. The van der Waals surface area contributed by atoms with Crippen LogP contribution in [0.2, 0.25) is 0 Å². The summed E-state index contributed by atoms with van der Waals surface area (Å²) in [7, 11) is 0. The molecule has 0 spiro atoms. The van der Waals surface area contributed by atoms with Crippen molar-refractivity contribution in [2.24, 2.45) is 11.7 Å². The van der Waals surface area contributed by atoms with Crippen molar-refractivity contribution in [3.05, 3.63) is 54.1 Å². The zero-order valence-electron chi connectivity index (χ0n) is 21.2. The number of carboxylic acid groups (broad SMARTS) is 2. The quantitative estimate of drug-likeness (QED) is 0.159. The predicted molar refractivity (Wildman–Crippen MR) is 136 cm³/mol. The summed E-state index contributed by atoms with van der Waals surface area (Å²) in [6, 6.07) is 4.27. The second kappa shape index (κ2) is 14.5. The highest BCUT2D eigenvalue weighted by atomic mass is 16.4. The lowest BCUT2D eigenvalue weighted by atomic mass is 10.0. The molecule has 13 heteroatoms. The molecule has 0 aliphatic heterocycles. The first-order chi connectivity index (χ1) is 18.0. The summed E-state index contributed by atoms with van der Waals surface area (Å²) in [6.07, 6.45) is 2.29. The van der Waals surface area contributed by atoms with E-state index in [1.165, 1.54) is 12.5 Å². The zero-order valence-corrected chi connectivity index (χ0v) is 21.2. The Balaban J connectivity index is 2.10. The molecule has 206 valence electrons. The second-order valence-corrected chi connectivity index (χ2v) is 9.20. The van der Waals surface area contributed by atoms with Gasteiger partial charge in [0, 0.05) is 24.7 Å². The molecule has 0 saturated carbocycles. The average Bonchev–Trinajstić information content (AvgIpc) is 3.37. The van der Waals surface area contributed by atoms with Crippen LogP contribution in [-0.4, -0.2) is 74.0 Å². The van der Waals surface area contributed by atoms with Crippen LogP contribution in [0.1, 0.15) is 37.9 Å². The Bertz CT molecular complexity index is 1090. The Hall–Kier alpha value is -4.26. The molecule has 1 aromatic carbocycles. The van der Waals surface area contributed by atoms with Gasteiger partial charge in [-0.15, -0.1) is 0 Å². The number of nitrogens with zero attached hydrogens (tertiary/aromatic N) is 1. The fraction of sp³-hybridized carbons (Fsp3) is 0.440. The molecule has 3 amide bonds. The molecule has 38 heavy (non-hydrogen) atoms. The van der Waals surface area contributed by atoms with E-state index in [1.807, 2.05) is 6.07 Å². The van der Waals surface area contributed by atoms with Gasteiger partial charge in [-0.25, -0.2) is 9.78 Å². The summed E-state index contributed by atoms with van der Waals surface area (Å²) in [5.41, 5.74) is 7.30. The van der Waals surface area contributed by atoms with Crippen LogP contribution >= 0.6 is 0 Å². The van der Waals surface area contributed by atoms with Crippen molar-refractivity contribution < 1.29 is 34.2 Å². The summed E-state index contributed by atoms with van der Waals surface area (Å²) < 4.78 is 0. The van der Waals surface area contributed by atoms with E-state index in [9.17, 15) is 29.1 Å². The van der Waals surface area contributed by atoms with Crippen molar-refractivity contribution in [1.29, 1.82) is 0 Å². The normalized spacial score (nSPS) is 14.1. The van der Waals surface area contributed by atoms with Crippen LogP contribution in [0.5, 0.6) is 0 Å². The zero-order chi connectivity index (χ0) is 28.2. The minimum absolute atomic E-state index is 0.0591. The molecule has 1 aromatic heterocycles. The number of amides is 3. The number of hydrogen-bond acceptors (Lipinski definition) is 7. The van der Waals surface area contributed by atoms with E-state index in [1.54, 1.807) is 38.1 Å². The highest BCUT2D eigenvalue weighted by molar-refractivity contribution is 5.94. The lowest BCUT2D eigenvalue weighted by Gasteiger charge is -2.27. The van der Waals surface area contributed by atoms with E-state index in [0.29, 0.717) is 5.69 Å². The SMILES string of the molecule is CC(C)C(NC(=O)C(CCC(=O)O)NC(=O)C(N)Cc1ccccc1)C(=O)NC(Cc1cnc[nH]1)C(=O)O. The van der Waals surface area contributed by atoms with Crippen molar-refractivity contribution in [3.63, 3.8) is 0 Å². The first-order valence-corrected chi connectivity index (χ1v) is 12.1. The van der Waals surface area contributed by atoms with Crippen molar-refractivity contribution in [3.8, 4) is 0 Å². The van der Waals surface area contributed by atoms with Gasteiger partial charge in [0.05, 0.1) is 12.4 Å². The number of imidazole rings is 1. The van der Waals surface area contributed by atoms with Gasteiger partial charge in [-0.3, -0.25) is 19.2 Å². The number of aliphatic carboxylic acids is 2. The van der Waals surface area contributed by atoms with Crippen molar-refractivity contribution in [2.75, 3.05) is 0 Å². The summed E-state index contributed by atoms with van der Waals surface area (Å²) in [4.78, 5) is 68.2. The first-order valence-electron chi connectivity index (χ1n) is 12.1. The van der Waals surface area contributed by atoms with Crippen LogP contribution in [0.25, 0.3) is 0 Å². The van der Waals surface area contributed by atoms with Gasteiger partial charge >= 0.3 is 11.9 Å². The molecular formula is C25H34N6O7. The fourth-order valence-electron chi connectivity index (χ4n) is 3.64. The van der Waals surface area contributed by atoms with E-state index in [0.717, 1.165) is 5.56 Å². The second-order valence-electron chi connectivity index (χ2n) is 9.20. The van der Waals surface area contributed by atoms with Gasteiger partial charge in [0.15, 0.2) is 0 Å². The maximum Gasteiger partial charge on any atom is 0.326 e. The molecule has 0 bridgehead atoms. The molecule has 0 aliphatic carbocycles. The van der Waals surface area contributed by atoms with Crippen molar-refractivity contribution in [1.82, 2.24) is 25.9 Å². The maximum absolute atomic E-state index is 13.1. The Morgan fingerprint density at radius 1 is 0.921 bits per heavy atom. The molecule has 1 heterocycles. The van der Waals surface area contributed by atoms with Crippen molar-refractivity contribution >= 4 is 29.7 Å². The smallest absolute Gasteiger partial charge is 0.326 e. The first kappa shape index (κ1) is 30.0. The number of carbonyl (C=O) groups excluding carboxylic acids is 3. The Kier molecular flexibility index (Phi) is 11.4. The number of carboxylic acids is 2. The number of hydrogen-bond donors (Lipinski definition) is 7. The fourth-order valence-corrected chi connectivity index (χ4v) is 3.64. The molecule has 2 rings (SSSR count). The van der Waals surface area contributed by atoms with Gasteiger partial charge < -0.3 is 36.9 Å². The van der Waals surface area contributed by atoms with Gasteiger partial charge in [0.2, 0.25) is 17.7 Å². The van der Waals surface area contributed by atoms with E-state index in [-0.39, 0.29) is 19.3 Å². The monoisotopic (exact) mass is 530 g/mol. The lowest BCUT2D eigenvalue weighted by Crippen LogP contribution is -2.58. The number of nitrogens with one attached hydrogen (secondary N) is 4. The van der Waals surface area contributed by atoms with E-state index in [4.69, 9.17) is 10.8 Å². The molecule has 4 atom stereocenters. The minimum atomic E-state index is -1.29. The van der Waals surface area contributed by atoms with Gasteiger partial charge in [-0.05, 0) is 24.3 Å². The topological polar surface area (TPSA) is 217 Å². The Labute approximate surface area is 219 Å². The number of H-pyrrole nitrogens is 1. The van der Waals surface area contributed by atoms with Crippen LogP contribution in [0, 0.1) is 5.92 Å². The van der Waals surface area contributed by atoms with E-state index >= 15 is 0 Å². The summed E-state index contributed by atoms with van der Waals surface area (Å²) in [6.45, 7) is 3.30. The minimum Gasteiger partial charge on any atom is -0.481 e. The van der Waals surface area contributed by atoms with E-state index < -0.39 is 66.2 Å². The predicted octanol–water partition coefficient (Wildman–Crippen LogP) is -0.418. The summed E-state index contributed by atoms with van der Waals surface area (Å²) in [5, 5.41) is 26.1. The molecule has 4 unspecified atom stereocenters. The Morgan fingerprint density at radius 2 is 1.58 bits per heavy atom. The molecule has 0 saturated heterocycles. The third kappa shape index (κ3) is 9.65. The van der Waals surface area contributed by atoms with Gasteiger partial charge in [0.25, 0.3) is 0 Å². The van der Waals surface area contributed by atoms with Crippen molar-refractivity contribution in [2.45, 2.75) is 63.7 Å². The number of aromatic nitrogens is 2. The molecule has 13 nitrogen and oxygen atoms in total.